The van der Waals surface area contributed by atoms with Gasteiger partial charge in [-0.15, -0.1) is 0 Å². The van der Waals surface area contributed by atoms with Gasteiger partial charge in [-0.2, -0.15) is 8.42 Å². The second-order valence-corrected chi connectivity index (χ2v) is 9.72. The van der Waals surface area contributed by atoms with Gasteiger partial charge in [-0.1, -0.05) is 17.7 Å². The van der Waals surface area contributed by atoms with E-state index >= 15 is 0 Å². The molecule has 1 aliphatic carbocycles. The Bertz CT molecular complexity index is 1120. The summed E-state index contributed by atoms with van der Waals surface area (Å²) in [4.78, 5) is 8.38. The Morgan fingerprint density at radius 1 is 1.29 bits per heavy atom. The van der Waals surface area contributed by atoms with Gasteiger partial charge in [0.25, 0.3) is 10.1 Å². The van der Waals surface area contributed by atoms with Crippen LogP contribution < -0.4 is 5.73 Å². The topological polar surface area (TPSA) is 120 Å². The van der Waals surface area contributed by atoms with Crippen LogP contribution >= 0.6 is 22.6 Å². The van der Waals surface area contributed by atoms with E-state index in [2.05, 4.69) is 32.6 Å². The molecular formula is C18H19IN4O4S. The molecule has 3 N–H and O–H groups in total. The van der Waals surface area contributed by atoms with Gasteiger partial charge >= 0.3 is 0 Å². The van der Waals surface area contributed by atoms with Crippen molar-refractivity contribution in [1.82, 2.24) is 14.5 Å². The highest BCUT2D eigenvalue weighted by molar-refractivity contribution is 14.1. The summed E-state index contributed by atoms with van der Waals surface area (Å²) in [5.74, 6) is 0.149. The molecule has 0 amide bonds. The Kier molecular flexibility index (Phi) is 5.06. The van der Waals surface area contributed by atoms with Crippen molar-refractivity contribution in [3.8, 4) is 0 Å². The molecule has 1 saturated carbocycles. The number of rotatable bonds is 5. The SMILES string of the molecule is Cc1ccc(S(=O)(=O)OC(O)C2CC(n3cc(I)c4c(N)ncnc43)C2)cc1. The zero-order valence-corrected chi connectivity index (χ0v) is 18.0. The van der Waals surface area contributed by atoms with Crippen molar-refractivity contribution in [2.24, 2.45) is 5.92 Å². The Labute approximate surface area is 176 Å². The summed E-state index contributed by atoms with van der Waals surface area (Å²) in [5, 5.41) is 11.1. The number of fused-ring (bicyclic) bond motifs is 1. The summed E-state index contributed by atoms with van der Waals surface area (Å²) in [7, 11) is -4.01. The minimum atomic E-state index is -4.01. The molecule has 8 nitrogen and oxygen atoms in total. The van der Waals surface area contributed by atoms with Gasteiger partial charge in [0.15, 0.2) is 6.29 Å². The summed E-state index contributed by atoms with van der Waals surface area (Å²) in [5.41, 5.74) is 7.63. The van der Waals surface area contributed by atoms with Crippen molar-refractivity contribution >= 4 is 49.6 Å². The quantitative estimate of drug-likeness (QED) is 0.305. The molecule has 0 bridgehead atoms. The highest BCUT2D eigenvalue weighted by atomic mass is 127. The lowest BCUT2D eigenvalue weighted by atomic mass is 9.79. The summed E-state index contributed by atoms with van der Waals surface area (Å²) in [6.07, 6.45) is 3.14. The average Bonchev–Trinajstić information content (AvgIpc) is 2.91. The van der Waals surface area contributed by atoms with Gasteiger partial charge in [0.05, 0.1) is 10.3 Å². The van der Waals surface area contributed by atoms with Crippen molar-refractivity contribution in [2.45, 2.75) is 37.0 Å². The number of aliphatic hydroxyl groups excluding tert-OH is 1. The molecule has 2 heterocycles. The van der Waals surface area contributed by atoms with Crippen LogP contribution in [0.4, 0.5) is 5.82 Å². The van der Waals surface area contributed by atoms with Crippen molar-refractivity contribution in [2.75, 3.05) is 5.73 Å². The number of aromatic nitrogens is 3. The van der Waals surface area contributed by atoms with E-state index in [4.69, 9.17) is 9.92 Å². The fourth-order valence-electron chi connectivity index (χ4n) is 3.40. The molecular weight excluding hydrogens is 495 g/mol. The van der Waals surface area contributed by atoms with Gasteiger partial charge in [0.1, 0.15) is 17.8 Å². The lowest BCUT2D eigenvalue weighted by molar-refractivity contribution is -0.0945. The third-order valence-electron chi connectivity index (χ3n) is 5.07. The van der Waals surface area contributed by atoms with E-state index in [0.29, 0.717) is 18.7 Å². The first-order chi connectivity index (χ1) is 13.3. The summed E-state index contributed by atoms with van der Waals surface area (Å²) < 4.78 is 32.7. The number of anilines is 1. The van der Waals surface area contributed by atoms with Gasteiger partial charge in [-0.05, 0) is 54.5 Å². The van der Waals surface area contributed by atoms with Crippen molar-refractivity contribution in [3.63, 3.8) is 0 Å². The minimum absolute atomic E-state index is 0.0335. The molecule has 1 aromatic carbocycles. The van der Waals surface area contributed by atoms with E-state index in [0.717, 1.165) is 20.2 Å². The molecule has 4 rings (SSSR count). The largest absolute Gasteiger partial charge is 0.383 e. The molecule has 1 atom stereocenters. The fraction of sp³-hybridized carbons (Fsp3) is 0.333. The van der Waals surface area contributed by atoms with E-state index in [1.165, 1.54) is 18.5 Å². The van der Waals surface area contributed by atoms with Gasteiger partial charge < -0.3 is 15.4 Å². The first kappa shape index (κ1) is 19.6. The predicted octanol–water partition coefficient (Wildman–Crippen LogP) is 2.60. The van der Waals surface area contributed by atoms with Crippen LogP contribution in [0.5, 0.6) is 0 Å². The van der Waals surface area contributed by atoms with Gasteiger partial charge in [-0.25, -0.2) is 14.2 Å². The van der Waals surface area contributed by atoms with Crippen molar-refractivity contribution in [1.29, 1.82) is 0 Å². The van der Waals surface area contributed by atoms with Crippen LogP contribution in [0.25, 0.3) is 11.0 Å². The zero-order chi connectivity index (χ0) is 20.1. The molecule has 0 radical (unpaired) electrons. The van der Waals surface area contributed by atoms with Gasteiger partial charge in [0.2, 0.25) is 0 Å². The number of aryl methyl sites for hydroxylation is 1. The van der Waals surface area contributed by atoms with E-state index in [1.807, 2.05) is 17.7 Å². The molecule has 0 spiro atoms. The average molecular weight is 514 g/mol. The van der Waals surface area contributed by atoms with Gasteiger partial charge in [-0.3, -0.25) is 0 Å². The number of nitrogens with two attached hydrogens (primary N) is 1. The summed E-state index contributed by atoms with van der Waals surface area (Å²) in [6.45, 7) is 1.87. The molecule has 0 saturated heterocycles. The lowest BCUT2D eigenvalue weighted by Gasteiger charge is -2.38. The Morgan fingerprint density at radius 3 is 2.64 bits per heavy atom. The highest BCUT2D eigenvalue weighted by Gasteiger charge is 2.39. The lowest BCUT2D eigenvalue weighted by Crippen LogP contribution is -2.37. The minimum Gasteiger partial charge on any atom is -0.383 e. The zero-order valence-electron chi connectivity index (χ0n) is 15.0. The number of nitrogens with zero attached hydrogens (tertiary/aromatic N) is 3. The normalized spacial score (nSPS) is 20.8. The first-order valence-corrected chi connectivity index (χ1v) is 11.2. The molecule has 10 heteroatoms. The van der Waals surface area contributed by atoms with Crippen LogP contribution in [-0.4, -0.2) is 34.3 Å². The maximum absolute atomic E-state index is 12.3. The molecule has 0 aliphatic heterocycles. The second kappa shape index (κ2) is 7.25. The molecule has 1 fully saturated rings. The van der Waals surface area contributed by atoms with Crippen LogP contribution in [0.3, 0.4) is 0 Å². The van der Waals surface area contributed by atoms with E-state index in [-0.39, 0.29) is 16.9 Å². The Morgan fingerprint density at radius 2 is 1.96 bits per heavy atom. The van der Waals surface area contributed by atoms with Crippen LogP contribution in [0.15, 0.2) is 41.7 Å². The molecule has 3 aromatic rings. The standard InChI is InChI=1S/C18H19IN4O4S/c1-10-2-4-13(5-3-10)28(25,26)27-18(24)11-6-12(7-11)23-8-14(19)15-16(20)21-9-22-17(15)23/h2-5,8-9,11-12,18,24H,6-7H2,1H3,(H2,20,21,22). The Hall–Kier alpha value is -1.76. The Balaban J connectivity index is 1.45. The van der Waals surface area contributed by atoms with E-state index < -0.39 is 16.4 Å². The number of aliphatic hydroxyl groups is 1. The fourth-order valence-corrected chi connectivity index (χ4v) is 5.21. The first-order valence-electron chi connectivity index (χ1n) is 8.71. The third-order valence-corrected chi connectivity index (χ3v) is 7.19. The predicted molar refractivity (Wildman–Crippen MR) is 112 cm³/mol. The molecule has 1 unspecified atom stereocenters. The number of halogens is 1. The van der Waals surface area contributed by atoms with Crippen molar-refractivity contribution in [3.05, 3.63) is 45.9 Å². The summed E-state index contributed by atoms with van der Waals surface area (Å²) in [6, 6.07) is 6.41. The molecule has 148 valence electrons. The summed E-state index contributed by atoms with van der Waals surface area (Å²) >= 11 is 2.19. The monoisotopic (exact) mass is 514 g/mol. The van der Waals surface area contributed by atoms with Gasteiger partial charge in [0, 0.05) is 21.7 Å². The number of hydrogen-bond donors (Lipinski definition) is 2. The van der Waals surface area contributed by atoms with Crippen LogP contribution in [0.2, 0.25) is 0 Å². The smallest absolute Gasteiger partial charge is 0.299 e. The van der Waals surface area contributed by atoms with Crippen LogP contribution in [0.1, 0.15) is 24.4 Å². The second-order valence-electron chi connectivity index (χ2n) is 6.98. The third kappa shape index (κ3) is 3.49. The maximum atomic E-state index is 12.3. The van der Waals surface area contributed by atoms with E-state index in [1.54, 1.807) is 12.1 Å². The number of nitrogen functional groups attached to an aromatic ring is 1. The molecule has 1 aliphatic rings. The number of hydrogen-bond acceptors (Lipinski definition) is 7. The highest BCUT2D eigenvalue weighted by Crippen LogP contribution is 2.43. The molecule has 2 aromatic heterocycles. The maximum Gasteiger partial charge on any atom is 0.299 e. The van der Waals surface area contributed by atoms with E-state index in [9.17, 15) is 13.5 Å². The van der Waals surface area contributed by atoms with Crippen LogP contribution in [-0.2, 0) is 14.3 Å². The number of benzene rings is 1. The molecule has 28 heavy (non-hydrogen) atoms. The van der Waals surface area contributed by atoms with Crippen molar-refractivity contribution < 1.29 is 17.7 Å². The van der Waals surface area contributed by atoms with Crippen LogP contribution in [0, 0.1) is 16.4 Å².